The summed E-state index contributed by atoms with van der Waals surface area (Å²) in [6.45, 7) is 7.58. The summed E-state index contributed by atoms with van der Waals surface area (Å²) in [5, 5.41) is 23.1. The molecule has 13 nitrogen and oxygen atoms in total. The van der Waals surface area contributed by atoms with Gasteiger partial charge in [0.05, 0.1) is 16.6 Å². The third-order valence-corrected chi connectivity index (χ3v) is 8.52. The molecule has 14 heteroatoms. The minimum atomic E-state index is -0.621. The number of rotatable bonds is 13. The van der Waals surface area contributed by atoms with Gasteiger partial charge in [0.25, 0.3) is 5.91 Å². The Morgan fingerprint density at radius 2 is 1.74 bits per heavy atom. The number of fused-ring (bicyclic) bond motifs is 2. The van der Waals surface area contributed by atoms with E-state index in [1.165, 1.54) is 18.5 Å². The molecule has 0 aliphatic rings. The molecule has 260 valence electrons. The summed E-state index contributed by atoms with van der Waals surface area (Å²) in [7, 11) is 6.26. The van der Waals surface area contributed by atoms with Gasteiger partial charge in [-0.05, 0) is 115 Å². The smallest absolute Gasteiger partial charge is 0.251 e. The van der Waals surface area contributed by atoms with Crippen molar-refractivity contribution >= 4 is 28.3 Å². The maximum Gasteiger partial charge on any atom is 0.251 e. The van der Waals surface area contributed by atoms with Crippen LogP contribution in [0, 0.1) is 19.7 Å². The Bertz CT molecular complexity index is 2160. The van der Waals surface area contributed by atoms with Crippen molar-refractivity contribution in [3.05, 3.63) is 83.3 Å². The van der Waals surface area contributed by atoms with Gasteiger partial charge in [-0.2, -0.15) is 10.2 Å². The van der Waals surface area contributed by atoms with Crippen molar-refractivity contribution in [3.63, 3.8) is 0 Å². The molecule has 1 amide bonds. The first kappa shape index (κ1) is 34.4. The summed E-state index contributed by atoms with van der Waals surface area (Å²) in [5.41, 5.74) is 12.0. The lowest BCUT2D eigenvalue weighted by Crippen LogP contribution is -2.29. The third-order valence-electron chi connectivity index (χ3n) is 8.52. The van der Waals surface area contributed by atoms with Gasteiger partial charge in [0.15, 0.2) is 11.5 Å². The minimum Gasteiger partial charge on any atom is -0.508 e. The zero-order valence-electron chi connectivity index (χ0n) is 29.0. The van der Waals surface area contributed by atoms with Crippen LogP contribution in [0.4, 0.5) is 10.2 Å². The number of nitrogens with zero attached hydrogens (tertiary/aromatic N) is 9. The number of phenolic OH excluding ortho intramolecular Hbond substituents is 1. The Kier molecular flexibility index (Phi) is 10.0. The number of amides is 1. The van der Waals surface area contributed by atoms with Gasteiger partial charge in [-0.3, -0.25) is 4.79 Å². The first-order valence-electron chi connectivity index (χ1n) is 16.5. The van der Waals surface area contributed by atoms with Crippen LogP contribution in [0.25, 0.3) is 39.1 Å². The number of carbonyl (C=O) groups excluding carboxylic acids is 1. The topological polar surface area (TPSA) is 156 Å². The molecule has 0 aliphatic heterocycles. The molecule has 50 heavy (non-hydrogen) atoms. The summed E-state index contributed by atoms with van der Waals surface area (Å²) < 4.78 is 17.6. The van der Waals surface area contributed by atoms with Gasteiger partial charge < -0.3 is 26.0 Å². The molecule has 0 fully saturated rings. The first-order chi connectivity index (χ1) is 24.0. The highest BCUT2D eigenvalue weighted by Gasteiger charge is 2.21. The maximum absolute atomic E-state index is 14.3. The largest absolute Gasteiger partial charge is 0.508 e. The molecule has 0 aliphatic carbocycles. The van der Waals surface area contributed by atoms with Gasteiger partial charge in [0, 0.05) is 35.5 Å². The third kappa shape index (κ3) is 7.56. The van der Waals surface area contributed by atoms with Crippen molar-refractivity contribution in [2.75, 3.05) is 53.1 Å². The second kappa shape index (κ2) is 14.6. The summed E-state index contributed by atoms with van der Waals surface area (Å²) >= 11 is 0. The van der Waals surface area contributed by atoms with Crippen LogP contribution in [0.2, 0.25) is 0 Å². The van der Waals surface area contributed by atoms with Crippen molar-refractivity contribution in [1.82, 2.24) is 49.5 Å². The number of nitrogen functional groups attached to an aromatic ring is 1. The molecular formula is C36H42FN11O2. The van der Waals surface area contributed by atoms with E-state index in [1.807, 2.05) is 44.3 Å². The molecule has 0 unspecified atom stereocenters. The highest BCUT2D eigenvalue weighted by atomic mass is 19.1. The lowest BCUT2D eigenvalue weighted by Gasteiger charge is -2.18. The quantitative estimate of drug-likeness (QED) is 0.151. The molecular weight excluding hydrogens is 637 g/mol. The van der Waals surface area contributed by atoms with E-state index >= 15 is 0 Å². The summed E-state index contributed by atoms with van der Waals surface area (Å²) in [6, 6.07) is 11.4. The maximum atomic E-state index is 14.3. The van der Waals surface area contributed by atoms with Gasteiger partial charge in [-0.25, -0.2) is 28.5 Å². The predicted molar refractivity (Wildman–Crippen MR) is 191 cm³/mol. The Hall–Kier alpha value is -5.47. The number of nitrogens with two attached hydrogens (primary N) is 1. The Morgan fingerprint density at radius 1 is 0.960 bits per heavy atom. The number of halogens is 1. The van der Waals surface area contributed by atoms with Crippen LogP contribution in [-0.4, -0.2) is 102 Å². The van der Waals surface area contributed by atoms with E-state index in [0.717, 1.165) is 60.7 Å². The first-order valence-corrected chi connectivity index (χ1v) is 16.5. The highest BCUT2D eigenvalue weighted by molar-refractivity contribution is 5.98. The number of hydrogen-bond acceptors (Lipinski definition) is 10. The zero-order valence-corrected chi connectivity index (χ0v) is 29.0. The number of nitrogens with one attached hydrogen (secondary N) is 1. The summed E-state index contributed by atoms with van der Waals surface area (Å²) in [4.78, 5) is 31.3. The monoisotopic (exact) mass is 679 g/mol. The summed E-state index contributed by atoms with van der Waals surface area (Å²) in [6.07, 6.45) is 5.15. The fourth-order valence-electron chi connectivity index (χ4n) is 6.15. The van der Waals surface area contributed by atoms with Crippen LogP contribution in [0.15, 0.2) is 55.0 Å². The number of anilines is 1. The van der Waals surface area contributed by atoms with Gasteiger partial charge in [-0.15, -0.1) is 0 Å². The molecule has 6 aromatic rings. The van der Waals surface area contributed by atoms with Crippen LogP contribution in [0.5, 0.6) is 5.75 Å². The molecule has 4 heterocycles. The van der Waals surface area contributed by atoms with Crippen LogP contribution in [-0.2, 0) is 6.54 Å². The summed E-state index contributed by atoms with van der Waals surface area (Å²) in [5.74, 6) is -0.427. The average Bonchev–Trinajstić information content (AvgIpc) is 3.62. The van der Waals surface area contributed by atoms with Crippen molar-refractivity contribution in [1.29, 1.82) is 0 Å². The Morgan fingerprint density at radius 3 is 2.52 bits per heavy atom. The van der Waals surface area contributed by atoms with E-state index in [2.05, 4.69) is 46.2 Å². The lowest BCUT2D eigenvalue weighted by molar-refractivity contribution is 0.0952. The second-order valence-electron chi connectivity index (χ2n) is 13.0. The molecule has 0 saturated carbocycles. The van der Waals surface area contributed by atoms with E-state index in [9.17, 15) is 14.3 Å². The lowest BCUT2D eigenvalue weighted by atomic mass is 10.0. The fourth-order valence-corrected chi connectivity index (χ4v) is 6.15. The standard InChI is InChI=1S/C36H42FN11O2/c1-22-14-24(16-26(15-22)36(50)39-9-6-11-46(5)12-7-10-45(3)4)32-33-23(2)8-13-47(33)43-29(42-32)20-48-35-30(34(38)40-21-41-35)31(44-48)25-17-27(37)19-28(49)18-25/h8,13-19,21,49H,6-7,9-12,20H2,1-5H3,(H,39,50)(H2,38,40,41). The van der Waals surface area contributed by atoms with Crippen molar-refractivity contribution in [3.8, 4) is 28.3 Å². The molecule has 4 aromatic heterocycles. The number of carbonyl (C=O) groups is 1. The van der Waals surface area contributed by atoms with E-state index in [4.69, 9.17) is 20.9 Å². The molecule has 0 radical (unpaired) electrons. The molecule has 4 N–H and O–H groups in total. The second-order valence-corrected chi connectivity index (χ2v) is 13.0. The van der Waals surface area contributed by atoms with Gasteiger partial charge in [-0.1, -0.05) is 0 Å². The number of aromatic nitrogens is 7. The van der Waals surface area contributed by atoms with Crippen molar-refractivity contribution in [2.45, 2.75) is 33.2 Å². The Balaban J connectivity index is 1.28. The molecule has 0 bridgehead atoms. The SMILES string of the molecule is Cc1cc(C(=O)NCCCN(C)CCCN(C)C)cc(-c2nc(Cn3nc(-c4cc(O)cc(F)c4)c4c(N)ncnc43)nn3ccc(C)c23)c1. The van der Waals surface area contributed by atoms with E-state index in [0.29, 0.717) is 45.9 Å². The normalized spacial score (nSPS) is 11.8. The molecule has 6 rings (SSSR count). The molecule has 0 atom stereocenters. The Labute approximate surface area is 289 Å². The number of aryl methyl sites for hydroxylation is 2. The van der Waals surface area contributed by atoms with Crippen molar-refractivity contribution in [2.24, 2.45) is 0 Å². The minimum absolute atomic E-state index is 0.0944. The predicted octanol–water partition coefficient (Wildman–Crippen LogP) is 4.30. The number of hydrogen-bond donors (Lipinski definition) is 3. The van der Waals surface area contributed by atoms with E-state index in [1.54, 1.807) is 9.20 Å². The van der Waals surface area contributed by atoms with Crippen molar-refractivity contribution < 1.29 is 14.3 Å². The van der Waals surface area contributed by atoms with Gasteiger partial charge in [0.1, 0.15) is 36.0 Å². The van der Waals surface area contributed by atoms with Crippen LogP contribution in [0.3, 0.4) is 0 Å². The average molecular weight is 680 g/mol. The molecule has 0 saturated heterocycles. The van der Waals surface area contributed by atoms with Crippen LogP contribution < -0.4 is 11.1 Å². The van der Waals surface area contributed by atoms with Gasteiger partial charge in [0.2, 0.25) is 0 Å². The number of phenols is 1. The van der Waals surface area contributed by atoms with E-state index in [-0.39, 0.29) is 24.0 Å². The zero-order chi connectivity index (χ0) is 35.5. The number of benzene rings is 2. The van der Waals surface area contributed by atoms with Gasteiger partial charge >= 0.3 is 0 Å². The van der Waals surface area contributed by atoms with Crippen LogP contribution >= 0.6 is 0 Å². The molecule has 2 aromatic carbocycles. The number of aromatic hydroxyl groups is 1. The fraction of sp³-hybridized carbons (Fsp3) is 0.333. The van der Waals surface area contributed by atoms with E-state index < -0.39 is 5.82 Å². The highest BCUT2D eigenvalue weighted by Crippen LogP contribution is 2.33. The molecule has 0 spiro atoms. The van der Waals surface area contributed by atoms with Crippen LogP contribution in [0.1, 0.15) is 40.2 Å².